The van der Waals surface area contributed by atoms with Gasteiger partial charge in [-0.1, -0.05) is 24.3 Å². The number of nitrogens with one attached hydrogen (secondary N) is 1. The summed E-state index contributed by atoms with van der Waals surface area (Å²) in [5.41, 5.74) is 2.30. The molecular formula is C16H22N2O2. The van der Waals surface area contributed by atoms with Gasteiger partial charge in [-0.3, -0.25) is 4.79 Å². The van der Waals surface area contributed by atoms with Gasteiger partial charge in [-0.15, -0.1) is 0 Å². The molecule has 1 amide bonds. The highest BCUT2D eigenvalue weighted by molar-refractivity contribution is 5.83. The summed E-state index contributed by atoms with van der Waals surface area (Å²) in [5, 5.41) is 3.28. The molecule has 4 heteroatoms. The number of hydrogen-bond acceptors (Lipinski definition) is 3. The van der Waals surface area contributed by atoms with E-state index in [9.17, 15) is 4.79 Å². The Balaban J connectivity index is 1.78. The molecular weight excluding hydrogens is 252 g/mol. The molecule has 0 unspecified atom stereocenters. The monoisotopic (exact) mass is 274 g/mol. The van der Waals surface area contributed by atoms with Gasteiger partial charge in [0, 0.05) is 19.1 Å². The lowest BCUT2D eigenvalue weighted by Gasteiger charge is -2.36. The Morgan fingerprint density at radius 3 is 3.10 bits per heavy atom. The van der Waals surface area contributed by atoms with Gasteiger partial charge in [0.2, 0.25) is 0 Å². The average molecular weight is 274 g/mol. The third kappa shape index (κ3) is 2.58. The highest BCUT2D eigenvalue weighted by Gasteiger charge is 2.32. The maximum Gasteiger partial charge on any atom is 0.256 e. The molecule has 0 spiro atoms. The van der Waals surface area contributed by atoms with E-state index in [0.29, 0.717) is 12.6 Å². The number of amides is 1. The molecule has 4 nitrogen and oxygen atoms in total. The number of likely N-dealkylation sites (N-methyl/N-ethyl adjacent to an activating group) is 1. The van der Waals surface area contributed by atoms with Crippen molar-refractivity contribution in [1.29, 1.82) is 0 Å². The minimum atomic E-state index is -0.407. The number of benzene rings is 1. The molecule has 0 aliphatic carbocycles. The van der Waals surface area contributed by atoms with Crippen LogP contribution < -0.4 is 5.32 Å². The third-order valence-electron chi connectivity index (χ3n) is 4.36. The minimum absolute atomic E-state index is 0.122. The molecule has 2 atom stereocenters. The Morgan fingerprint density at radius 2 is 2.25 bits per heavy atom. The summed E-state index contributed by atoms with van der Waals surface area (Å²) in [7, 11) is 1.96. The van der Waals surface area contributed by atoms with E-state index in [1.165, 1.54) is 5.56 Å². The molecule has 20 heavy (non-hydrogen) atoms. The summed E-state index contributed by atoms with van der Waals surface area (Å²) in [4.78, 5) is 14.7. The highest BCUT2D eigenvalue weighted by atomic mass is 16.5. The molecule has 1 aromatic carbocycles. The quantitative estimate of drug-likeness (QED) is 0.889. The first kappa shape index (κ1) is 13.6. The van der Waals surface area contributed by atoms with Crippen LogP contribution in [0.4, 0.5) is 0 Å². The van der Waals surface area contributed by atoms with Crippen LogP contribution in [0.15, 0.2) is 24.3 Å². The zero-order valence-electron chi connectivity index (χ0n) is 12.0. The van der Waals surface area contributed by atoms with Crippen LogP contribution in [0.25, 0.3) is 0 Å². The van der Waals surface area contributed by atoms with Crippen molar-refractivity contribution < 1.29 is 9.53 Å². The number of nitrogens with zero attached hydrogens (tertiary/aromatic N) is 1. The normalized spacial score (nSPS) is 26.1. The standard InChI is InChI=1S/C16H22N2O2/c1-17-13-6-4-9-18(11-13)16(19)15-14-7-3-2-5-12(14)8-10-20-15/h2-3,5,7,13,15,17H,4,6,8-11H2,1H3/t13-,15+/m1/s1. The van der Waals surface area contributed by atoms with Crippen molar-refractivity contribution in [2.24, 2.45) is 0 Å². The summed E-state index contributed by atoms with van der Waals surface area (Å²) < 4.78 is 5.78. The molecule has 0 saturated carbocycles. The van der Waals surface area contributed by atoms with E-state index in [1.807, 2.05) is 30.1 Å². The van der Waals surface area contributed by atoms with Crippen LogP contribution in [0.1, 0.15) is 30.1 Å². The van der Waals surface area contributed by atoms with Gasteiger partial charge in [-0.25, -0.2) is 0 Å². The molecule has 3 rings (SSSR count). The van der Waals surface area contributed by atoms with Crippen molar-refractivity contribution in [2.45, 2.75) is 31.4 Å². The topological polar surface area (TPSA) is 41.6 Å². The molecule has 0 radical (unpaired) electrons. The number of ether oxygens (including phenoxy) is 1. The second-order valence-corrected chi connectivity index (χ2v) is 5.61. The number of rotatable bonds is 2. The number of fused-ring (bicyclic) bond motifs is 1. The van der Waals surface area contributed by atoms with Crippen LogP contribution >= 0.6 is 0 Å². The Morgan fingerprint density at radius 1 is 1.40 bits per heavy atom. The van der Waals surface area contributed by atoms with E-state index < -0.39 is 6.10 Å². The molecule has 2 heterocycles. The van der Waals surface area contributed by atoms with Crippen molar-refractivity contribution in [3.63, 3.8) is 0 Å². The van der Waals surface area contributed by atoms with Crippen molar-refractivity contribution in [1.82, 2.24) is 10.2 Å². The Labute approximate surface area is 120 Å². The van der Waals surface area contributed by atoms with E-state index in [2.05, 4.69) is 11.4 Å². The zero-order valence-corrected chi connectivity index (χ0v) is 12.0. The SMILES string of the molecule is CN[C@@H]1CCCN(C(=O)[C@H]2OCCc3ccccc32)C1. The molecule has 1 N–H and O–H groups in total. The van der Waals surface area contributed by atoms with Crippen LogP contribution in [0.5, 0.6) is 0 Å². The van der Waals surface area contributed by atoms with Crippen molar-refractivity contribution in [3.8, 4) is 0 Å². The fourth-order valence-electron chi connectivity index (χ4n) is 3.18. The fourth-order valence-corrected chi connectivity index (χ4v) is 3.18. The third-order valence-corrected chi connectivity index (χ3v) is 4.36. The first-order valence-electron chi connectivity index (χ1n) is 7.45. The number of piperidine rings is 1. The summed E-state index contributed by atoms with van der Waals surface area (Å²) in [6.07, 6.45) is 2.70. The van der Waals surface area contributed by atoms with Crippen LogP contribution in [-0.4, -0.2) is 43.6 Å². The van der Waals surface area contributed by atoms with E-state index in [0.717, 1.165) is 37.9 Å². The van der Waals surface area contributed by atoms with Crippen LogP contribution in [-0.2, 0) is 16.0 Å². The maximum atomic E-state index is 12.8. The van der Waals surface area contributed by atoms with Gasteiger partial charge in [0.05, 0.1) is 6.61 Å². The first-order chi connectivity index (χ1) is 9.79. The van der Waals surface area contributed by atoms with Gasteiger partial charge in [-0.2, -0.15) is 0 Å². The van der Waals surface area contributed by atoms with Crippen molar-refractivity contribution >= 4 is 5.91 Å². The van der Waals surface area contributed by atoms with Gasteiger partial charge >= 0.3 is 0 Å². The van der Waals surface area contributed by atoms with E-state index in [4.69, 9.17) is 4.74 Å². The van der Waals surface area contributed by atoms with E-state index >= 15 is 0 Å². The Bertz CT molecular complexity index is 489. The zero-order chi connectivity index (χ0) is 13.9. The van der Waals surface area contributed by atoms with Gasteiger partial charge in [0.1, 0.15) is 0 Å². The number of carbonyl (C=O) groups excluding carboxylic acids is 1. The smallest absolute Gasteiger partial charge is 0.256 e. The molecule has 108 valence electrons. The predicted molar refractivity (Wildman–Crippen MR) is 77.5 cm³/mol. The van der Waals surface area contributed by atoms with Crippen LogP contribution in [0, 0.1) is 0 Å². The molecule has 2 aliphatic rings. The second kappa shape index (κ2) is 5.94. The van der Waals surface area contributed by atoms with Crippen LogP contribution in [0.2, 0.25) is 0 Å². The maximum absolute atomic E-state index is 12.8. The van der Waals surface area contributed by atoms with Gasteiger partial charge < -0.3 is 15.0 Å². The summed E-state index contributed by atoms with van der Waals surface area (Å²) >= 11 is 0. The minimum Gasteiger partial charge on any atom is -0.363 e. The van der Waals surface area contributed by atoms with E-state index in [1.54, 1.807) is 0 Å². The molecule has 1 fully saturated rings. The predicted octanol–water partition coefficient (Wildman–Crippen LogP) is 1.51. The molecule has 0 bridgehead atoms. The van der Waals surface area contributed by atoms with E-state index in [-0.39, 0.29) is 5.91 Å². The molecule has 2 aliphatic heterocycles. The summed E-state index contributed by atoms with van der Waals surface area (Å²) in [6.45, 7) is 2.27. The van der Waals surface area contributed by atoms with Gasteiger partial charge in [0.25, 0.3) is 5.91 Å². The largest absolute Gasteiger partial charge is 0.363 e. The van der Waals surface area contributed by atoms with Crippen LogP contribution in [0.3, 0.4) is 0 Å². The first-order valence-corrected chi connectivity index (χ1v) is 7.45. The van der Waals surface area contributed by atoms with Gasteiger partial charge in [-0.05, 0) is 37.4 Å². The summed E-state index contributed by atoms with van der Waals surface area (Å²) in [6, 6.07) is 8.55. The Hall–Kier alpha value is -1.39. The summed E-state index contributed by atoms with van der Waals surface area (Å²) in [5.74, 6) is 0.122. The number of likely N-dealkylation sites (tertiary alicyclic amines) is 1. The lowest BCUT2D eigenvalue weighted by atomic mass is 9.96. The number of hydrogen-bond donors (Lipinski definition) is 1. The lowest BCUT2D eigenvalue weighted by molar-refractivity contribution is -0.146. The molecule has 1 aromatic rings. The fraction of sp³-hybridized carbons (Fsp3) is 0.562. The van der Waals surface area contributed by atoms with Gasteiger partial charge in [0.15, 0.2) is 6.10 Å². The van der Waals surface area contributed by atoms with Crippen molar-refractivity contribution in [3.05, 3.63) is 35.4 Å². The lowest BCUT2D eigenvalue weighted by Crippen LogP contribution is -2.49. The molecule has 0 aromatic heterocycles. The Kier molecular flexibility index (Phi) is 4.03. The second-order valence-electron chi connectivity index (χ2n) is 5.61. The number of carbonyl (C=O) groups is 1. The highest BCUT2D eigenvalue weighted by Crippen LogP contribution is 2.29. The molecule has 1 saturated heterocycles. The van der Waals surface area contributed by atoms with Crippen molar-refractivity contribution in [2.75, 3.05) is 26.7 Å². The average Bonchev–Trinajstić information content (AvgIpc) is 2.53.